The smallest absolute Gasteiger partial charge is 0.318 e. The third-order valence-electron chi connectivity index (χ3n) is 2.24. The fourth-order valence-corrected chi connectivity index (χ4v) is 3.00. The summed E-state index contributed by atoms with van der Waals surface area (Å²) in [4.78, 5) is 11.0. The highest BCUT2D eigenvalue weighted by atomic mass is 32.2. The molecule has 0 N–H and O–H groups in total. The summed E-state index contributed by atoms with van der Waals surface area (Å²) in [5.74, 6) is -0.244. The molecule has 0 saturated heterocycles. The Balaban J connectivity index is 2.27. The molecule has 1 rings (SSSR count). The monoisotopic (exact) mass is 204 g/mol. The highest BCUT2D eigenvalue weighted by molar-refractivity contribution is 7.86. The molecule has 1 saturated carbocycles. The van der Waals surface area contributed by atoms with E-state index >= 15 is 0 Å². The van der Waals surface area contributed by atoms with Gasteiger partial charge in [0.2, 0.25) is 0 Å². The van der Waals surface area contributed by atoms with Gasteiger partial charge in [0.05, 0.1) is 6.61 Å². The van der Waals surface area contributed by atoms with E-state index in [0.29, 0.717) is 6.61 Å². The van der Waals surface area contributed by atoms with Crippen molar-refractivity contribution in [1.29, 1.82) is 0 Å². The maximum atomic E-state index is 11.5. The highest BCUT2D eigenvalue weighted by Gasteiger charge is 2.23. The van der Waals surface area contributed by atoms with Crippen LogP contribution in [0.3, 0.4) is 0 Å². The fraction of sp³-hybridized carbons (Fsp3) is 0.889. The van der Waals surface area contributed by atoms with Gasteiger partial charge in [-0.15, -0.1) is 0 Å². The zero-order valence-electron chi connectivity index (χ0n) is 7.95. The van der Waals surface area contributed by atoms with Crippen LogP contribution in [0.4, 0.5) is 0 Å². The predicted octanol–water partition coefficient (Wildman–Crippen LogP) is 1.24. The lowest BCUT2D eigenvalue weighted by Crippen LogP contribution is -2.21. The molecule has 13 heavy (non-hydrogen) atoms. The van der Waals surface area contributed by atoms with Crippen LogP contribution in [0.1, 0.15) is 32.6 Å². The van der Waals surface area contributed by atoms with Crippen molar-refractivity contribution >= 4 is 16.8 Å². The van der Waals surface area contributed by atoms with Gasteiger partial charge in [0, 0.05) is 16.0 Å². The van der Waals surface area contributed by atoms with E-state index in [1.165, 1.54) is 0 Å². The Morgan fingerprint density at radius 1 is 1.46 bits per heavy atom. The Hall–Kier alpha value is -0.380. The van der Waals surface area contributed by atoms with E-state index in [-0.39, 0.29) is 17.0 Å². The first-order chi connectivity index (χ1) is 6.24. The normalized spacial score (nSPS) is 20.1. The molecule has 3 nitrogen and oxygen atoms in total. The molecule has 0 spiro atoms. The molecule has 4 heteroatoms. The van der Waals surface area contributed by atoms with Gasteiger partial charge in [0.1, 0.15) is 5.75 Å². The summed E-state index contributed by atoms with van der Waals surface area (Å²) in [6.07, 6.45) is 4.32. The van der Waals surface area contributed by atoms with E-state index in [0.717, 1.165) is 25.7 Å². The van der Waals surface area contributed by atoms with E-state index in [2.05, 4.69) is 0 Å². The van der Waals surface area contributed by atoms with Crippen LogP contribution in [0.15, 0.2) is 0 Å². The fourth-order valence-electron chi connectivity index (χ4n) is 1.59. The molecule has 0 aliphatic heterocycles. The van der Waals surface area contributed by atoms with Crippen LogP contribution < -0.4 is 0 Å². The third kappa shape index (κ3) is 3.46. The van der Waals surface area contributed by atoms with E-state index in [1.807, 2.05) is 0 Å². The van der Waals surface area contributed by atoms with Crippen LogP contribution in [0, 0.1) is 0 Å². The minimum atomic E-state index is -1.00. The largest absolute Gasteiger partial charge is 0.465 e. The van der Waals surface area contributed by atoms with E-state index in [4.69, 9.17) is 4.74 Å². The number of hydrogen-bond donors (Lipinski definition) is 0. The second-order valence-electron chi connectivity index (χ2n) is 3.24. The van der Waals surface area contributed by atoms with Crippen LogP contribution in [0.5, 0.6) is 0 Å². The standard InChI is InChI=1S/C9H16O3S/c1-2-12-9(10)7-13(11)8-5-3-4-6-8/h8H,2-7H2,1H3. The van der Waals surface area contributed by atoms with Crippen molar-refractivity contribution in [3.8, 4) is 0 Å². The first kappa shape index (κ1) is 10.7. The first-order valence-electron chi connectivity index (χ1n) is 4.77. The average Bonchev–Trinajstić information content (AvgIpc) is 2.55. The molecule has 1 unspecified atom stereocenters. The summed E-state index contributed by atoms with van der Waals surface area (Å²) in [6, 6.07) is 0. The number of rotatable bonds is 4. The molecule has 0 aromatic carbocycles. The number of hydrogen-bond acceptors (Lipinski definition) is 3. The lowest BCUT2D eigenvalue weighted by Gasteiger charge is -2.07. The summed E-state index contributed by atoms with van der Waals surface area (Å²) in [5.41, 5.74) is 0. The third-order valence-corrected chi connectivity index (χ3v) is 3.97. The van der Waals surface area contributed by atoms with Gasteiger partial charge in [-0.1, -0.05) is 12.8 Å². The van der Waals surface area contributed by atoms with Crippen LogP contribution in [0.25, 0.3) is 0 Å². The predicted molar refractivity (Wildman–Crippen MR) is 51.9 cm³/mol. The van der Waals surface area contributed by atoms with Crippen LogP contribution >= 0.6 is 0 Å². The first-order valence-corrected chi connectivity index (χ1v) is 6.15. The van der Waals surface area contributed by atoms with Gasteiger partial charge in [-0.3, -0.25) is 9.00 Å². The van der Waals surface area contributed by atoms with Crippen molar-refractivity contribution in [2.24, 2.45) is 0 Å². The molecule has 0 amide bonds. The SMILES string of the molecule is CCOC(=O)CS(=O)C1CCCC1. The summed E-state index contributed by atoms with van der Waals surface area (Å²) in [7, 11) is -1.00. The van der Waals surface area contributed by atoms with Gasteiger partial charge in [0.15, 0.2) is 0 Å². The van der Waals surface area contributed by atoms with Crippen LogP contribution in [-0.4, -0.2) is 27.8 Å². The minimum absolute atomic E-state index is 0.0819. The lowest BCUT2D eigenvalue weighted by molar-refractivity contribution is -0.139. The molecule has 1 fully saturated rings. The molecule has 76 valence electrons. The van der Waals surface area contributed by atoms with Crippen molar-refractivity contribution in [2.45, 2.75) is 37.9 Å². The van der Waals surface area contributed by atoms with E-state index < -0.39 is 10.8 Å². The van der Waals surface area contributed by atoms with Crippen LogP contribution in [0.2, 0.25) is 0 Å². The zero-order chi connectivity index (χ0) is 9.68. The Morgan fingerprint density at radius 3 is 2.62 bits per heavy atom. The summed E-state index contributed by atoms with van der Waals surface area (Å²) < 4.78 is 16.3. The van der Waals surface area contributed by atoms with Crippen molar-refractivity contribution in [1.82, 2.24) is 0 Å². The molecular weight excluding hydrogens is 188 g/mol. The zero-order valence-corrected chi connectivity index (χ0v) is 8.77. The maximum absolute atomic E-state index is 11.5. The molecule has 0 aromatic rings. The van der Waals surface area contributed by atoms with Crippen molar-refractivity contribution < 1.29 is 13.7 Å². The van der Waals surface area contributed by atoms with Crippen molar-refractivity contribution in [3.05, 3.63) is 0 Å². The second kappa shape index (κ2) is 5.37. The van der Waals surface area contributed by atoms with Crippen molar-refractivity contribution in [2.75, 3.05) is 12.4 Å². The average molecular weight is 204 g/mol. The molecule has 1 atom stereocenters. The van der Waals surface area contributed by atoms with Gasteiger partial charge >= 0.3 is 5.97 Å². The number of carbonyl (C=O) groups excluding carboxylic acids is 1. The van der Waals surface area contributed by atoms with Gasteiger partial charge in [-0.25, -0.2) is 0 Å². The summed E-state index contributed by atoms with van der Waals surface area (Å²) in [5, 5.41) is 0.240. The molecule has 1 aliphatic rings. The quantitative estimate of drug-likeness (QED) is 0.647. The van der Waals surface area contributed by atoms with Crippen LogP contribution in [-0.2, 0) is 20.3 Å². The molecule has 0 radical (unpaired) electrons. The van der Waals surface area contributed by atoms with Gasteiger partial charge < -0.3 is 4.74 Å². The van der Waals surface area contributed by atoms with Crippen molar-refractivity contribution in [3.63, 3.8) is 0 Å². The Labute approximate surface area is 81.3 Å². The highest BCUT2D eigenvalue weighted by Crippen LogP contribution is 2.22. The number of ether oxygens (including phenoxy) is 1. The molecule has 0 heterocycles. The summed E-state index contributed by atoms with van der Waals surface area (Å²) in [6.45, 7) is 2.14. The number of carbonyl (C=O) groups is 1. The minimum Gasteiger partial charge on any atom is -0.465 e. The summed E-state index contributed by atoms with van der Waals surface area (Å²) >= 11 is 0. The second-order valence-corrected chi connectivity index (χ2v) is 4.95. The Morgan fingerprint density at radius 2 is 2.08 bits per heavy atom. The molecular formula is C9H16O3S. The van der Waals surface area contributed by atoms with E-state index in [9.17, 15) is 9.00 Å². The van der Waals surface area contributed by atoms with Gasteiger partial charge in [-0.2, -0.15) is 0 Å². The van der Waals surface area contributed by atoms with Gasteiger partial charge in [-0.05, 0) is 19.8 Å². The topological polar surface area (TPSA) is 43.4 Å². The van der Waals surface area contributed by atoms with E-state index in [1.54, 1.807) is 6.92 Å². The Bertz CT molecular complexity index is 197. The lowest BCUT2D eigenvalue weighted by atomic mass is 10.4. The van der Waals surface area contributed by atoms with Gasteiger partial charge in [0.25, 0.3) is 0 Å². The molecule has 1 aliphatic carbocycles. The molecule has 0 aromatic heterocycles. The number of esters is 1. The Kier molecular flexibility index (Phi) is 4.42. The molecule has 0 bridgehead atoms. The maximum Gasteiger partial charge on any atom is 0.318 e.